The van der Waals surface area contributed by atoms with Crippen LogP contribution in [0.15, 0.2) is 36.7 Å². The van der Waals surface area contributed by atoms with Crippen LogP contribution in [-0.2, 0) is 13.6 Å². The van der Waals surface area contributed by atoms with E-state index in [4.69, 9.17) is 0 Å². The van der Waals surface area contributed by atoms with Gasteiger partial charge in [-0.3, -0.25) is 9.69 Å². The van der Waals surface area contributed by atoms with Gasteiger partial charge in [-0.15, -0.1) is 11.3 Å². The first kappa shape index (κ1) is 16.3. The highest BCUT2D eigenvalue weighted by Gasteiger charge is 2.25. The van der Waals surface area contributed by atoms with Crippen molar-refractivity contribution in [3.8, 4) is 0 Å². The summed E-state index contributed by atoms with van der Waals surface area (Å²) >= 11 is 1.61. The average molecular weight is 354 g/mol. The number of amides is 1. The zero-order valence-electron chi connectivity index (χ0n) is 14.6. The monoisotopic (exact) mass is 354 g/mol. The van der Waals surface area contributed by atoms with Gasteiger partial charge in [0.05, 0.1) is 11.4 Å². The Balaban J connectivity index is 1.44. The summed E-state index contributed by atoms with van der Waals surface area (Å²) in [6, 6.07) is 8.26. The van der Waals surface area contributed by atoms with Crippen LogP contribution in [0, 0.1) is 6.92 Å². The van der Waals surface area contributed by atoms with Crippen LogP contribution in [0.25, 0.3) is 10.1 Å². The first-order chi connectivity index (χ1) is 12.1. The van der Waals surface area contributed by atoms with Crippen LogP contribution in [0.4, 0.5) is 0 Å². The van der Waals surface area contributed by atoms with E-state index >= 15 is 0 Å². The quantitative estimate of drug-likeness (QED) is 0.726. The number of aromatic nitrogens is 2. The van der Waals surface area contributed by atoms with Gasteiger partial charge in [0.15, 0.2) is 0 Å². The van der Waals surface area contributed by atoms with Crippen molar-refractivity contribution in [3.63, 3.8) is 0 Å². The number of rotatable bonds is 3. The van der Waals surface area contributed by atoms with Crippen molar-refractivity contribution < 1.29 is 4.79 Å². The summed E-state index contributed by atoms with van der Waals surface area (Å²) < 4.78 is 3.25. The molecule has 1 saturated heterocycles. The van der Waals surface area contributed by atoms with Gasteiger partial charge in [0.2, 0.25) is 0 Å². The van der Waals surface area contributed by atoms with Crippen molar-refractivity contribution >= 4 is 27.3 Å². The number of thiophene rings is 1. The van der Waals surface area contributed by atoms with Crippen molar-refractivity contribution in [1.29, 1.82) is 0 Å². The molecule has 0 radical (unpaired) electrons. The summed E-state index contributed by atoms with van der Waals surface area (Å²) in [6.45, 7) is 6.23. The van der Waals surface area contributed by atoms with Crippen molar-refractivity contribution in [2.24, 2.45) is 7.05 Å². The van der Waals surface area contributed by atoms with Crippen LogP contribution < -0.4 is 0 Å². The molecule has 0 atom stereocenters. The van der Waals surface area contributed by atoms with Crippen molar-refractivity contribution in [3.05, 3.63) is 52.9 Å². The van der Waals surface area contributed by atoms with Crippen LogP contribution in [0.2, 0.25) is 0 Å². The minimum atomic E-state index is 0.176. The van der Waals surface area contributed by atoms with Crippen molar-refractivity contribution in [2.75, 3.05) is 26.2 Å². The molecule has 0 spiro atoms. The molecule has 1 amide bonds. The molecule has 1 aromatic carbocycles. The Morgan fingerprint density at radius 2 is 1.96 bits per heavy atom. The molecule has 25 heavy (non-hydrogen) atoms. The van der Waals surface area contributed by atoms with E-state index in [-0.39, 0.29) is 5.91 Å². The Hall–Kier alpha value is -2.18. The molecule has 0 N–H and O–H groups in total. The SMILES string of the molecule is Cc1c(C(=O)N2CCN(Cc3nccn3C)CC2)sc2ccccc12. The lowest BCUT2D eigenvalue weighted by atomic mass is 10.1. The van der Waals surface area contributed by atoms with Gasteiger partial charge < -0.3 is 9.47 Å². The fourth-order valence-electron chi connectivity index (χ4n) is 3.38. The molecular weight excluding hydrogens is 332 g/mol. The largest absolute Gasteiger partial charge is 0.337 e. The first-order valence-electron chi connectivity index (χ1n) is 8.59. The molecule has 3 heterocycles. The number of hydrogen-bond acceptors (Lipinski definition) is 4. The molecule has 1 aliphatic rings. The number of hydrogen-bond donors (Lipinski definition) is 0. The molecule has 1 aliphatic heterocycles. The van der Waals surface area contributed by atoms with Gasteiger partial charge in [-0.2, -0.15) is 0 Å². The zero-order valence-corrected chi connectivity index (χ0v) is 15.4. The van der Waals surface area contributed by atoms with Gasteiger partial charge >= 0.3 is 0 Å². The minimum Gasteiger partial charge on any atom is -0.337 e. The lowest BCUT2D eigenvalue weighted by Gasteiger charge is -2.34. The number of benzene rings is 1. The van der Waals surface area contributed by atoms with Crippen molar-refractivity contribution in [1.82, 2.24) is 19.4 Å². The van der Waals surface area contributed by atoms with E-state index in [9.17, 15) is 4.79 Å². The van der Waals surface area contributed by atoms with Crippen LogP contribution in [0.3, 0.4) is 0 Å². The maximum Gasteiger partial charge on any atom is 0.264 e. The zero-order chi connectivity index (χ0) is 17.4. The summed E-state index contributed by atoms with van der Waals surface area (Å²) in [5.41, 5.74) is 1.11. The highest BCUT2D eigenvalue weighted by molar-refractivity contribution is 7.21. The Kier molecular flexibility index (Phi) is 4.31. The lowest BCUT2D eigenvalue weighted by Crippen LogP contribution is -2.48. The number of carbonyl (C=O) groups is 1. The van der Waals surface area contributed by atoms with Gasteiger partial charge in [0.1, 0.15) is 5.82 Å². The summed E-state index contributed by atoms with van der Waals surface area (Å²) in [6.07, 6.45) is 3.80. The Morgan fingerprint density at radius 1 is 1.20 bits per heavy atom. The molecule has 0 saturated carbocycles. The molecule has 130 valence electrons. The van der Waals surface area contributed by atoms with E-state index in [1.165, 1.54) is 10.1 Å². The molecule has 4 rings (SSSR count). The van der Waals surface area contributed by atoms with E-state index < -0.39 is 0 Å². The Labute approximate surface area is 151 Å². The molecule has 0 unspecified atom stereocenters. The van der Waals surface area contributed by atoms with E-state index in [1.807, 2.05) is 36.5 Å². The number of piperazine rings is 1. The minimum absolute atomic E-state index is 0.176. The van der Waals surface area contributed by atoms with E-state index in [0.717, 1.165) is 49.0 Å². The van der Waals surface area contributed by atoms with E-state index in [1.54, 1.807) is 11.3 Å². The molecule has 0 bridgehead atoms. The van der Waals surface area contributed by atoms with Crippen LogP contribution in [0.5, 0.6) is 0 Å². The molecule has 3 aromatic rings. The van der Waals surface area contributed by atoms with Gasteiger partial charge in [-0.1, -0.05) is 18.2 Å². The number of aryl methyl sites for hydroxylation is 2. The Morgan fingerprint density at radius 3 is 2.64 bits per heavy atom. The van der Waals surface area contributed by atoms with Gasteiger partial charge in [0.25, 0.3) is 5.91 Å². The normalized spacial score (nSPS) is 15.8. The fourth-order valence-corrected chi connectivity index (χ4v) is 4.56. The number of carbonyl (C=O) groups excluding carboxylic acids is 1. The summed E-state index contributed by atoms with van der Waals surface area (Å²) in [5.74, 6) is 1.25. The topological polar surface area (TPSA) is 41.4 Å². The first-order valence-corrected chi connectivity index (χ1v) is 9.41. The summed E-state index contributed by atoms with van der Waals surface area (Å²) in [4.78, 5) is 22.6. The molecule has 2 aromatic heterocycles. The second-order valence-electron chi connectivity index (χ2n) is 6.58. The third-order valence-electron chi connectivity index (χ3n) is 4.98. The average Bonchev–Trinajstić information content (AvgIpc) is 3.19. The van der Waals surface area contributed by atoms with Gasteiger partial charge in [-0.25, -0.2) is 4.98 Å². The summed E-state index contributed by atoms with van der Waals surface area (Å²) in [7, 11) is 2.02. The molecule has 1 fully saturated rings. The second kappa shape index (κ2) is 6.61. The summed E-state index contributed by atoms with van der Waals surface area (Å²) in [5, 5.41) is 1.20. The molecular formula is C19H22N4OS. The molecule has 0 aliphatic carbocycles. The highest BCUT2D eigenvalue weighted by atomic mass is 32.1. The van der Waals surface area contributed by atoms with Crippen LogP contribution in [-0.4, -0.2) is 51.4 Å². The van der Waals surface area contributed by atoms with Gasteiger partial charge in [-0.05, 0) is 23.9 Å². The number of fused-ring (bicyclic) bond motifs is 1. The smallest absolute Gasteiger partial charge is 0.264 e. The Bertz CT molecular complexity index is 905. The van der Waals surface area contributed by atoms with Gasteiger partial charge in [0, 0.05) is 50.3 Å². The van der Waals surface area contributed by atoms with Crippen LogP contribution >= 0.6 is 11.3 Å². The standard InChI is InChI=1S/C19H22N4OS/c1-14-15-5-3-4-6-16(15)25-18(14)19(24)23-11-9-22(10-12-23)13-17-20-7-8-21(17)2/h3-8H,9-13H2,1-2H3. The number of nitrogens with zero attached hydrogens (tertiary/aromatic N) is 4. The van der Waals surface area contributed by atoms with Crippen molar-refractivity contribution in [2.45, 2.75) is 13.5 Å². The maximum atomic E-state index is 13.0. The maximum absolute atomic E-state index is 13.0. The van der Waals surface area contributed by atoms with Crippen LogP contribution in [0.1, 0.15) is 21.1 Å². The molecule has 6 heteroatoms. The predicted octanol–water partition coefficient (Wildman–Crippen LogP) is 2.90. The second-order valence-corrected chi connectivity index (χ2v) is 7.63. The predicted molar refractivity (Wildman–Crippen MR) is 101 cm³/mol. The molecule has 5 nitrogen and oxygen atoms in total. The third-order valence-corrected chi connectivity index (χ3v) is 6.24. The van der Waals surface area contributed by atoms with E-state index in [0.29, 0.717) is 0 Å². The third kappa shape index (κ3) is 3.07. The highest BCUT2D eigenvalue weighted by Crippen LogP contribution is 2.31. The van der Waals surface area contributed by atoms with E-state index in [2.05, 4.69) is 33.5 Å². The lowest BCUT2D eigenvalue weighted by molar-refractivity contribution is 0.0628. The number of imidazole rings is 1. The fraction of sp³-hybridized carbons (Fsp3) is 0.368.